The minimum Gasteiger partial charge on any atom is -0.506 e. The highest BCUT2D eigenvalue weighted by Crippen LogP contribution is 2.37. The van der Waals surface area contributed by atoms with Crippen LogP contribution in [-0.2, 0) is 16.6 Å². The molecule has 1 aromatic carbocycles. The number of aryl methyl sites for hydroxylation is 1. The molecule has 7 nitrogen and oxygen atoms in total. The molecule has 1 aliphatic rings. The predicted molar refractivity (Wildman–Crippen MR) is 88.1 cm³/mol. The van der Waals surface area contributed by atoms with E-state index >= 15 is 0 Å². The van der Waals surface area contributed by atoms with Gasteiger partial charge in [-0.25, -0.2) is 4.39 Å². The zero-order chi connectivity index (χ0) is 18.1. The van der Waals surface area contributed by atoms with Gasteiger partial charge in [0.25, 0.3) is 0 Å². The lowest BCUT2D eigenvalue weighted by molar-refractivity contribution is -0.140. The van der Waals surface area contributed by atoms with Crippen LogP contribution in [0.2, 0.25) is 0 Å². The molecule has 132 valence electrons. The van der Waals surface area contributed by atoms with Crippen molar-refractivity contribution in [3.8, 4) is 5.75 Å². The number of phenols is 1. The van der Waals surface area contributed by atoms with Gasteiger partial charge in [-0.2, -0.15) is 5.10 Å². The minimum atomic E-state index is -0.562. The molecule has 0 bridgehead atoms. The number of rotatable bonds is 3. The molecule has 2 heterocycles. The molecule has 25 heavy (non-hydrogen) atoms. The average molecular weight is 346 g/mol. The third-order valence-corrected chi connectivity index (χ3v) is 4.48. The summed E-state index contributed by atoms with van der Waals surface area (Å²) in [6.45, 7) is 0. The molecule has 2 amide bonds. The van der Waals surface area contributed by atoms with Crippen molar-refractivity contribution in [2.75, 3.05) is 12.4 Å². The number of aromatic nitrogens is 2. The maximum Gasteiger partial charge on any atom is 0.230 e. The smallest absolute Gasteiger partial charge is 0.230 e. The Hall–Kier alpha value is -2.90. The van der Waals surface area contributed by atoms with Gasteiger partial charge in [0, 0.05) is 38.3 Å². The molecule has 0 spiro atoms. The van der Waals surface area contributed by atoms with Gasteiger partial charge in [-0.05, 0) is 18.6 Å². The molecule has 1 aliphatic heterocycles. The van der Waals surface area contributed by atoms with E-state index in [1.165, 1.54) is 11.0 Å². The minimum absolute atomic E-state index is 0.00879. The Labute approximate surface area is 144 Å². The van der Waals surface area contributed by atoms with Gasteiger partial charge in [0.05, 0.1) is 23.8 Å². The summed E-state index contributed by atoms with van der Waals surface area (Å²) in [7, 11) is 3.41. The number of phenolic OH excluding ortho intramolecular Hbond substituents is 1. The number of hydrogen-bond acceptors (Lipinski definition) is 4. The summed E-state index contributed by atoms with van der Waals surface area (Å²) in [5, 5.41) is 16.5. The SMILES string of the molecule is CN1C(=O)CC[C@H](C(=O)Nc2cc(F)ccc2O)[C@@H]1c1cnn(C)c1. The van der Waals surface area contributed by atoms with Crippen molar-refractivity contribution in [3.05, 3.63) is 42.0 Å². The maximum atomic E-state index is 13.4. The van der Waals surface area contributed by atoms with E-state index in [1.54, 1.807) is 31.2 Å². The van der Waals surface area contributed by atoms with Crippen molar-refractivity contribution in [1.29, 1.82) is 0 Å². The molecule has 0 unspecified atom stereocenters. The van der Waals surface area contributed by atoms with Crippen LogP contribution in [-0.4, -0.2) is 38.6 Å². The van der Waals surface area contributed by atoms with Crippen molar-refractivity contribution >= 4 is 17.5 Å². The van der Waals surface area contributed by atoms with Crippen LogP contribution in [0.4, 0.5) is 10.1 Å². The number of nitrogens with zero attached hydrogens (tertiary/aromatic N) is 3. The first kappa shape index (κ1) is 16.9. The lowest BCUT2D eigenvalue weighted by Gasteiger charge is -2.37. The van der Waals surface area contributed by atoms with E-state index in [1.807, 2.05) is 0 Å². The number of benzene rings is 1. The molecule has 1 fully saturated rings. The number of likely N-dealkylation sites (tertiary alicyclic amines) is 1. The van der Waals surface area contributed by atoms with E-state index < -0.39 is 17.8 Å². The molecule has 2 aromatic rings. The number of amides is 2. The second-order valence-corrected chi connectivity index (χ2v) is 6.19. The normalized spacial score (nSPS) is 20.6. The van der Waals surface area contributed by atoms with E-state index in [0.717, 1.165) is 17.7 Å². The number of piperidine rings is 1. The van der Waals surface area contributed by atoms with Gasteiger partial charge >= 0.3 is 0 Å². The summed E-state index contributed by atoms with van der Waals surface area (Å²) < 4.78 is 15.0. The van der Waals surface area contributed by atoms with Gasteiger partial charge in [0.1, 0.15) is 11.6 Å². The van der Waals surface area contributed by atoms with Crippen molar-refractivity contribution in [3.63, 3.8) is 0 Å². The molecule has 1 aromatic heterocycles. The van der Waals surface area contributed by atoms with E-state index in [2.05, 4.69) is 10.4 Å². The summed E-state index contributed by atoms with van der Waals surface area (Å²) in [6.07, 6.45) is 4.00. The highest BCUT2D eigenvalue weighted by molar-refractivity contribution is 5.95. The Morgan fingerprint density at radius 1 is 1.40 bits per heavy atom. The number of nitrogens with one attached hydrogen (secondary N) is 1. The molecule has 0 saturated carbocycles. The monoisotopic (exact) mass is 346 g/mol. The second-order valence-electron chi connectivity index (χ2n) is 6.19. The zero-order valence-electron chi connectivity index (χ0n) is 13.9. The third kappa shape index (κ3) is 3.33. The van der Waals surface area contributed by atoms with Crippen LogP contribution >= 0.6 is 0 Å². The van der Waals surface area contributed by atoms with Crippen LogP contribution in [0.3, 0.4) is 0 Å². The molecule has 8 heteroatoms. The Balaban J connectivity index is 1.88. The Morgan fingerprint density at radius 2 is 2.16 bits per heavy atom. The molecule has 2 N–H and O–H groups in total. The van der Waals surface area contributed by atoms with Gasteiger partial charge in [-0.1, -0.05) is 0 Å². The van der Waals surface area contributed by atoms with Gasteiger partial charge in [-0.15, -0.1) is 0 Å². The van der Waals surface area contributed by atoms with Gasteiger partial charge in [0.15, 0.2) is 0 Å². The lowest BCUT2D eigenvalue weighted by Crippen LogP contribution is -2.44. The van der Waals surface area contributed by atoms with Crippen molar-refractivity contribution in [2.45, 2.75) is 18.9 Å². The van der Waals surface area contributed by atoms with Crippen LogP contribution in [0.5, 0.6) is 5.75 Å². The molecular weight excluding hydrogens is 327 g/mol. The Kier molecular flexibility index (Phi) is 4.43. The first-order valence-electron chi connectivity index (χ1n) is 7.90. The number of carbonyl (C=O) groups excluding carboxylic acids is 2. The first-order chi connectivity index (χ1) is 11.9. The number of carbonyl (C=O) groups is 2. The maximum absolute atomic E-state index is 13.4. The fraction of sp³-hybridized carbons (Fsp3) is 0.353. The van der Waals surface area contributed by atoms with Crippen LogP contribution in [0, 0.1) is 11.7 Å². The van der Waals surface area contributed by atoms with Crippen molar-refractivity contribution < 1.29 is 19.1 Å². The average Bonchev–Trinajstić information content (AvgIpc) is 2.99. The van der Waals surface area contributed by atoms with Gasteiger partial charge in [-0.3, -0.25) is 14.3 Å². The van der Waals surface area contributed by atoms with Crippen LogP contribution in [0.25, 0.3) is 0 Å². The largest absolute Gasteiger partial charge is 0.506 e. The highest BCUT2D eigenvalue weighted by Gasteiger charge is 2.39. The fourth-order valence-electron chi connectivity index (χ4n) is 3.20. The topological polar surface area (TPSA) is 87.5 Å². The summed E-state index contributed by atoms with van der Waals surface area (Å²) in [6, 6.07) is 2.88. The van der Waals surface area contributed by atoms with Crippen LogP contribution in [0.15, 0.2) is 30.6 Å². The molecule has 1 saturated heterocycles. The fourth-order valence-corrected chi connectivity index (χ4v) is 3.20. The lowest BCUT2D eigenvalue weighted by atomic mass is 9.85. The van der Waals surface area contributed by atoms with Crippen LogP contribution < -0.4 is 5.32 Å². The molecule has 0 radical (unpaired) electrons. The van der Waals surface area contributed by atoms with E-state index in [9.17, 15) is 19.1 Å². The molecule has 2 atom stereocenters. The van der Waals surface area contributed by atoms with Crippen molar-refractivity contribution in [1.82, 2.24) is 14.7 Å². The van der Waals surface area contributed by atoms with E-state index in [0.29, 0.717) is 6.42 Å². The predicted octanol–water partition coefficient (Wildman–Crippen LogP) is 1.81. The second kappa shape index (κ2) is 6.54. The van der Waals surface area contributed by atoms with E-state index in [4.69, 9.17) is 0 Å². The van der Waals surface area contributed by atoms with Crippen molar-refractivity contribution in [2.24, 2.45) is 13.0 Å². The number of aromatic hydroxyl groups is 1. The van der Waals surface area contributed by atoms with Crippen LogP contribution in [0.1, 0.15) is 24.4 Å². The summed E-state index contributed by atoms with van der Waals surface area (Å²) >= 11 is 0. The third-order valence-electron chi connectivity index (χ3n) is 4.48. The molecular formula is C17H19FN4O3. The highest BCUT2D eigenvalue weighted by atomic mass is 19.1. The number of anilines is 1. The number of hydrogen-bond donors (Lipinski definition) is 2. The van der Waals surface area contributed by atoms with Gasteiger partial charge < -0.3 is 15.3 Å². The standard InChI is InChI=1S/C17H19FN4O3/c1-21-9-10(8-19-21)16-12(4-6-15(24)22(16)2)17(25)20-13-7-11(18)3-5-14(13)23/h3,5,7-9,12,16,23H,4,6H2,1-2H3,(H,20,25)/t12-,16-/m0/s1. The molecule has 0 aliphatic carbocycles. The number of halogens is 1. The Morgan fingerprint density at radius 3 is 2.84 bits per heavy atom. The Bertz CT molecular complexity index is 820. The van der Waals surface area contributed by atoms with E-state index in [-0.39, 0.29) is 29.7 Å². The van der Waals surface area contributed by atoms with Gasteiger partial charge in [0.2, 0.25) is 11.8 Å². The zero-order valence-corrected chi connectivity index (χ0v) is 13.9. The summed E-state index contributed by atoms with van der Waals surface area (Å²) in [5.74, 6) is -1.74. The molecule has 3 rings (SSSR count). The first-order valence-corrected chi connectivity index (χ1v) is 7.90. The quantitative estimate of drug-likeness (QED) is 0.830. The summed E-state index contributed by atoms with van der Waals surface area (Å²) in [4.78, 5) is 26.4. The summed E-state index contributed by atoms with van der Waals surface area (Å²) in [5.41, 5.74) is 0.760.